The van der Waals surface area contributed by atoms with E-state index in [9.17, 15) is 18.8 Å². The maximum absolute atomic E-state index is 14.5. The Morgan fingerprint density at radius 2 is 1.40 bits per heavy atom. The van der Waals surface area contributed by atoms with Gasteiger partial charge in [-0.15, -0.1) is 0 Å². The lowest BCUT2D eigenvalue weighted by atomic mass is 9.98. The zero-order chi connectivity index (χ0) is 34.7. The first-order valence-corrected chi connectivity index (χ1v) is 16.4. The number of nitrogens with one attached hydrogen (secondary N) is 2. The van der Waals surface area contributed by atoms with E-state index in [1.807, 2.05) is 99.8 Å². The Morgan fingerprint density at radius 3 is 2.08 bits per heavy atom. The molecule has 0 aliphatic rings. The summed E-state index contributed by atoms with van der Waals surface area (Å²) in [5.41, 5.74) is 2.49. The average Bonchev–Trinajstić information content (AvgIpc) is 3.09. The van der Waals surface area contributed by atoms with Crippen molar-refractivity contribution in [2.75, 3.05) is 27.7 Å². The molecule has 0 saturated heterocycles. The largest absolute Gasteiger partial charge is 0.354 e. The van der Waals surface area contributed by atoms with Crippen LogP contribution in [0.1, 0.15) is 37.0 Å². The number of hydrogen-bond acceptors (Lipinski definition) is 4. The third kappa shape index (κ3) is 10.1. The zero-order valence-electron chi connectivity index (χ0n) is 28.6. The summed E-state index contributed by atoms with van der Waals surface area (Å²) in [6.07, 6.45) is 5.01. The Bertz CT molecular complexity index is 1700. The van der Waals surface area contributed by atoms with Crippen molar-refractivity contribution in [3.63, 3.8) is 0 Å². The lowest BCUT2D eigenvalue weighted by molar-refractivity contribution is -0.146. The fraction of sp³-hybridized carbons (Fsp3) is 0.325. The van der Waals surface area contributed by atoms with Crippen LogP contribution in [0.5, 0.6) is 0 Å². The average molecular weight is 651 g/mol. The smallest absolute Gasteiger partial charge is 0.246 e. The van der Waals surface area contributed by atoms with Crippen LogP contribution in [0.15, 0.2) is 109 Å². The van der Waals surface area contributed by atoms with E-state index in [-0.39, 0.29) is 41.9 Å². The van der Waals surface area contributed by atoms with Crippen LogP contribution in [0.25, 0.3) is 10.8 Å². The summed E-state index contributed by atoms with van der Waals surface area (Å²) in [5.74, 6) is -1.38. The van der Waals surface area contributed by atoms with Crippen molar-refractivity contribution in [2.24, 2.45) is 0 Å². The van der Waals surface area contributed by atoms with Crippen molar-refractivity contribution in [3.8, 4) is 0 Å². The van der Waals surface area contributed by atoms with Crippen molar-refractivity contribution in [1.82, 2.24) is 20.4 Å². The van der Waals surface area contributed by atoms with Crippen LogP contribution in [0.3, 0.4) is 0 Å². The summed E-state index contributed by atoms with van der Waals surface area (Å²) < 4.78 is 13.8. The molecule has 0 spiro atoms. The summed E-state index contributed by atoms with van der Waals surface area (Å²) >= 11 is 0. The minimum Gasteiger partial charge on any atom is -0.354 e. The van der Waals surface area contributed by atoms with Crippen LogP contribution in [0.4, 0.5) is 4.39 Å². The summed E-state index contributed by atoms with van der Waals surface area (Å²) in [7, 11) is 5.10. The summed E-state index contributed by atoms with van der Waals surface area (Å²) in [5, 5.41) is 8.33. The number of carbonyl (C=O) groups is 3. The van der Waals surface area contributed by atoms with Gasteiger partial charge in [0.25, 0.3) is 0 Å². The van der Waals surface area contributed by atoms with E-state index in [4.69, 9.17) is 0 Å². The van der Waals surface area contributed by atoms with Crippen LogP contribution in [-0.4, -0.2) is 72.8 Å². The zero-order valence-corrected chi connectivity index (χ0v) is 28.6. The second-order valence-corrected chi connectivity index (χ2v) is 12.9. The van der Waals surface area contributed by atoms with Gasteiger partial charge >= 0.3 is 0 Å². The Balaban J connectivity index is 1.62. The lowest BCUT2D eigenvalue weighted by Gasteiger charge is -2.34. The van der Waals surface area contributed by atoms with Gasteiger partial charge < -0.3 is 20.4 Å². The minimum atomic E-state index is -0.895. The molecule has 0 aliphatic carbocycles. The molecule has 0 heterocycles. The van der Waals surface area contributed by atoms with Gasteiger partial charge in [-0.3, -0.25) is 14.4 Å². The molecular formula is C40H47FN4O3. The maximum Gasteiger partial charge on any atom is 0.246 e. The third-order valence-electron chi connectivity index (χ3n) is 8.92. The maximum atomic E-state index is 14.5. The van der Waals surface area contributed by atoms with Gasteiger partial charge in [0.15, 0.2) is 0 Å². The molecule has 0 aliphatic heterocycles. The number of halogens is 1. The molecule has 0 fully saturated rings. The first-order valence-electron chi connectivity index (χ1n) is 16.4. The van der Waals surface area contributed by atoms with E-state index < -0.39 is 12.1 Å². The van der Waals surface area contributed by atoms with Crippen molar-refractivity contribution in [1.29, 1.82) is 0 Å². The fourth-order valence-corrected chi connectivity index (χ4v) is 5.54. The van der Waals surface area contributed by atoms with Gasteiger partial charge in [0.2, 0.25) is 17.7 Å². The number of rotatable bonds is 15. The van der Waals surface area contributed by atoms with Crippen molar-refractivity contribution < 1.29 is 18.8 Å². The second kappa shape index (κ2) is 16.8. The number of fused-ring (bicyclic) bond motifs is 1. The number of amides is 3. The lowest BCUT2D eigenvalue weighted by Crippen LogP contribution is -2.56. The van der Waals surface area contributed by atoms with Crippen LogP contribution in [0.2, 0.25) is 0 Å². The highest BCUT2D eigenvalue weighted by Crippen LogP contribution is 2.20. The topological polar surface area (TPSA) is 81.8 Å². The molecule has 8 heteroatoms. The van der Waals surface area contributed by atoms with Crippen LogP contribution >= 0.6 is 0 Å². The number of nitrogens with zero attached hydrogens (tertiary/aromatic N) is 2. The van der Waals surface area contributed by atoms with E-state index in [2.05, 4.69) is 10.6 Å². The Morgan fingerprint density at radius 1 is 0.771 bits per heavy atom. The van der Waals surface area contributed by atoms with Gasteiger partial charge in [0.05, 0.1) is 0 Å². The van der Waals surface area contributed by atoms with Gasteiger partial charge in [0.1, 0.15) is 17.9 Å². The Hall–Kier alpha value is -4.82. The molecule has 252 valence electrons. The molecule has 2 N–H and O–H groups in total. The molecule has 0 radical (unpaired) electrons. The molecule has 7 nitrogen and oxygen atoms in total. The van der Waals surface area contributed by atoms with Crippen LogP contribution in [0, 0.1) is 5.82 Å². The molecule has 4 rings (SSSR count). The Kier molecular flexibility index (Phi) is 12.6. The van der Waals surface area contributed by atoms with Crippen molar-refractivity contribution in [3.05, 3.63) is 132 Å². The number of hydrogen-bond donors (Lipinski definition) is 2. The molecule has 0 saturated carbocycles. The quantitative estimate of drug-likeness (QED) is 0.161. The van der Waals surface area contributed by atoms with Gasteiger partial charge in [-0.1, -0.05) is 91.0 Å². The second-order valence-electron chi connectivity index (χ2n) is 12.9. The molecule has 0 unspecified atom stereocenters. The summed E-state index contributed by atoms with van der Waals surface area (Å²) in [6, 6.07) is 28.0. The predicted octanol–water partition coefficient (Wildman–Crippen LogP) is 5.72. The van der Waals surface area contributed by atoms with E-state index in [0.717, 1.165) is 21.9 Å². The molecule has 0 aromatic heterocycles. The van der Waals surface area contributed by atoms with Gasteiger partial charge in [-0.05, 0) is 79.4 Å². The highest BCUT2D eigenvalue weighted by Gasteiger charge is 2.35. The molecule has 0 bridgehead atoms. The SMILES string of the molecule is CNC(C)(C)C/C=C/C(=O)N(C)[C@H](Cc1ccc2ccccc2c1)C(=O)N(C)[C@H](Cc1ccc(F)cc1)C(=O)NCCc1ccccc1. The van der Waals surface area contributed by atoms with E-state index >= 15 is 0 Å². The molecule has 2 atom stereocenters. The predicted molar refractivity (Wildman–Crippen MR) is 191 cm³/mol. The molecule has 4 aromatic rings. The fourth-order valence-electron chi connectivity index (χ4n) is 5.54. The Labute approximate surface area is 283 Å². The standard InChI is InChI=1S/C40H47FN4O3/c1-40(2,42-3)24-11-16-37(46)44(4)36(28-31-17-20-32-14-9-10-15-33(32)26-31)39(48)45(5)35(27-30-18-21-34(41)22-19-30)38(47)43-25-23-29-12-7-6-8-13-29/h6-22,26,35-36,42H,23-25,27-28H2,1-5H3,(H,43,47)/b16-11+/t35-,36-/m1/s1. The first-order chi connectivity index (χ1) is 23.0. The highest BCUT2D eigenvalue weighted by atomic mass is 19.1. The molecule has 48 heavy (non-hydrogen) atoms. The number of carbonyl (C=O) groups excluding carboxylic acids is 3. The van der Waals surface area contributed by atoms with Crippen LogP contribution in [-0.2, 0) is 33.6 Å². The number of benzene rings is 4. The van der Waals surface area contributed by atoms with Crippen LogP contribution < -0.4 is 10.6 Å². The van der Waals surface area contributed by atoms with Gasteiger partial charge in [0, 0.05) is 39.0 Å². The van der Waals surface area contributed by atoms with E-state index in [0.29, 0.717) is 24.9 Å². The molecular weight excluding hydrogens is 603 g/mol. The van der Waals surface area contributed by atoms with Crippen molar-refractivity contribution >= 4 is 28.5 Å². The number of likely N-dealkylation sites (N-methyl/N-ethyl adjacent to an activating group) is 2. The highest BCUT2D eigenvalue weighted by molar-refractivity contribution is 5.95. The summed E-state index contributed by atoms with van der Waals surface area (Å²) in [4.78, 5) is 44.7. The third-order valence-corrected chi connectivity index (χ3v) is 8.92. The van der Waals surface area contributed by atoms with E-state index in [1.54, 1.807) is 26.2 Å². The van der Waals surface area contributed by atoms with E-state index in [1.165, 1.54) is 28.0 Å². The monoisotopic (exact) mass is 650 g/mol. The van der Waals surface area contributed by atoms with Crippen molar-refractivity contribution in [2.45, 2.75) is 57.2 Å². The normalized spacial score (nSPS) is 12.9. The summed E-state index contributed by atoms with van der Waals surface area (Å²) in [6.45, 7) is 4.47. The first kappa shape index (κ1) is 36.0. The molecule has 4 aromatic carbocycles. The molecule has 3 amide bonds. The van der Waals surface area contributed by atoms with Gasteiger partial charge in [-0.25, -0.2) is 4.39 Å². The van der Waals surface area contributed by atoms with Gasteiger partial charge in [-0.2, -0.15) is 0 Å². The minimum absolute atomic E-state index is 0.180.